The average molecular weight is 643 g/mol. The third kappa shape index (κ3) is 7.57. The molecule has 232 valence electrons. The smallest absolute Gasteiger partial charge is 0.410 e. The van der Waals surface area contributed by atoms with E-state index in [0.29, 0.717) is 51.4 Å². The van der Waals surface area contributed by atoms with Gasteiger partial charge in [-0.2, -0.15) is 17.5 Å². The van der Waals surface area contributed by atoms with E-state index in [4.69, 9.17) is 4.74 Å². The molecule has 4 saturated heterocycles. The lowest BCUT2D eigenvalue weighted by atomic mass is 10.2. The fourth-order valence-electron chi connectivity index (χ4n) is 5.15. The van der Waals surface area contributed by atoms with Gasteiger partial charge >= 0.3 is 6.09 Å². The lowest BCUT2D eigenvalue weighted by Crippen LogP contribution is -2.50. The zero-order chi connectivity index (χ0) is 29.0. The van der Waals surface area contributed by atoms with Gasteiger partial charge in [0.2, 0.25) is 11.8 Å². The highest BCUT2D eigenvalue weighted by molar-refractivity contribution is 7.00. The van der Waals surface area contributed by atoms with Crippen molar-refractivity contribution < 1.29 is 19.1 Å². The van der Waals surface area contributed by atoms with Crippen molar-refractivity contribution in [2.24, 2.45) is 0 Å². The van der Waals surface area contributed by atoms with Crippen LogP contribution in [-0.2, 0) is 14.3 Å². The van der Waals surface area contributed by atoms with Crippen LogP contribution in [0.4, 0.5) is 28.1 Å². The number of carbonyl (C=O) groups excluding carboxylic acids is 3. The average Bonchev–Trinajstić information content (AvgIpc) is 3.76. The highest BCUT2D eigenvalue weighted by atomic mass is 35.5. The van der Waals surface area contributed by atoms with Crippen LogP contribution in [0.3, 0.4) is 0 Å². The molecule has 0 spiro atoms. The van der Waals surface area contributed by atoms with Crippen LogP contribution in [0.15, 0.2) is 0 Å². The summed E-state index contributed by atoms with van der Waals surface area (Å²) in [5.41, 5.74) is -0.490. The molecule has 4 aliphatic heterocycles. The number of aromatic nitrogens is 4. The molecule has 2 aromatic heterocycles. The van der Waals surface area contributed by atoms with Crippen LogP contribution in [0.25, 0.3) is 0 Å². The van der Waals surface area contributed by atoms with E-state index in [1.807, 2.05) is 20.8 Å². The van der Waals surface area contributed by atoms with Crippen molar-refractivity contribution in [1.82, 2.24) is 27.7 Å². The Hall–Kier alpha value is -2.82. The van der Waals surface area contributed by atoms with Crippen LogP contribution in [0.5, 0.6) is 0 Å². The van der Waals surface area contributed by atoms with Crippen molar-refractivity contribution >= 4 is 77.0 Å². The lowest BCUT2D eigenvalue weighted by molar-refractivity contribution is -0.117. The maximum Gasteiger partial charge on any atom is 0.410 e. The van der Waals surface area contributed by atoms with Crippen LogP contribution in [0.2, 0.25) is 0 Å². The number of hydrogen-bond acceptors (Lipinski definition) is 13. The molecule has 17 heteroatoms. The van der Waals surface area contributed by atoms with E-state index in [1.165, 1.54) is 11.7 Å². The Balaban J connectivity index is 0.000000198. The molecular weight excluding hydrogens is 604 g/mol. The first-order chi connectivity index (χ1) is 19.7. The van der Waals surface area contributed by atoms with Gasteiger partial charge in [-0.15, -0.1) is 12.4 Å². The summed E-state index contributed by atoms with van der Waals surface area (Å²) < 4.78 is 22.8. The molecule has 4 aliphatic rings. The quantitative estimate of drug-likeness (QED) is 0.525. The van der Waals surface area contributed by atoms with Crippen LogP contribution in [0.1, 0.15) is 46.5 Å². The number of rotatable bonds is 4. The molecule has 0 atom stereocenters. The summed E-state index contributed by atoms with van der Waals surface area (Å²) in [5, 5.41) is 3.31. The van der Waals surface area contributed by atoms with Gasteiger partial charge in [-0.1, -0.05) is 0 Å². The fraction of sp³-hybridized carbons (Fsp3) is 0.720. The maximum atomic E-state index is 12.1. The Morgan fingerprint density at radius 2 is 1.17 bits per heavy atom. The van der Waals surface area contributed by atoms with Crippen molar-refractivity contribution in [2.45, 2.75) is 52.1 Å². The molecule has 0 unspecified atom stereocenters. The Bertz CT molecular complexity index is 1220. The number of amides is 3. The fourth-order valence-corrected chi connectivity index (χ4v) is 6.29. The van der Waals surface area contributed by atoms with Crippen molar-refractivity contribution in [2.75, 3.05) is 85.0 Å². The molecule has 0 bridgehead atoms. The van der Waals surface area contributed by atoms with Gasteiger partial charge < -0.3 is 24.8 Å². The Labute approximate surface area is 260 Å². The monoisotopic (exact) mass is 642 g/mol. The summed E-state index contributed by atoms with van der Waals surface area (Å²) >= 11 is 2.32. The first-order valence-corrected chi connectivity index (χ1v) is 15.6. The van der Waals surface area contributed by atoms with Gasteiger partial charge in [-0.3, -0.25) is 19.4 Å². The van der Waals surface area contributed by atoms with Gasteiger partial charge in [0, 0.05) is 78.3 Å². The van der Waals surface area contributed by atoms with Gasteiger partial charge in [0.15, 0.2) is 23.3 Å². The number of hydrogen-bond donors (Lipinski definition) is 1. The van der Waals surface area contributed by atoms with Crippen LogP contribution in [-0.4, -0.2) is 111 Å². The zero-order valence-corrected chi connectivity index (χ0v) is 26.7. The Kier molecular flexibility index (Phi) is 10.8. The predicted molar refractivity (Wildman–Crippen MR) is 165 cm³/mol. The normalized spacial score (nSPS) is 19.5. The van der Waals surface area contributed by atoms with E-state index in [9.17, 15) is 14.4 Å². The first kappa shape index (κ1) is 32.1. The number of anilines is 4. The van der Waals surface area contributed by atoms with E-state index in [1.54, 1.807) is 14.7 Å². The molecule has 0 aromatic carbocycles. The summed E-state index contributed by atoms with van der Waals surface area (Å²) in [6.07, 6.45) is 2.72. The third-order valence-corrected chi connectivity index (χ3v) is 8.23. The summed E-state index contributed by atoms with van der Waals surface area (Å²) in [6, 6.07) is 0. The number of halogens is 1. The van der Waals surface area contributed by atoms with E-state index in [0.717, 1.165) is 74.7 Å². The van der Waals surface area contributed by atoms with Gasteiger partial charge in [0.1, 0.15) is 5.60 Å². The maximum absolute atomic E-state index is 12.1. The highest BCUT2D eigenvalue weighted by Gasteiger charge is 2.32. The predicted octanol–water partition coefficient (Wildman–Crippen LogP) is 2.22. The Morgan fingerprint density at radius 3 is 1.60 bits per heavy atom. The zero-order valence-electron chi connectivity index (χ0n) is 24.3. The van der Waals surface area contributed by atoms with Gasteiger partial charge in [0.25, 0.3) is 0 Å². The highest BCUT2D eigenvalue weighted by Crippen LogP contribution is 2.32. The first-order valence-electron chi connectivity index (χ1n) is 14.2. The number of ether oxygens (including phenoxy) is 1. The molecule has 14 nitrogen and oxygen atoms in total. The van der Waals surface area contributed by atoms with Gasteiger partial charge in [0.05, 0.1) is 23.5 Å². The third-order valence-electron chi connectivity index (χ3n) is 7.21. The van der Waals surface area contributed by atoms with E-state index in [2.05, 4.69) is 32.6 Å². The minimum Gasteiger partial charge on any atom is -0.444 e. The summed E-state index contributed by atoms with van der Waals surface area (Å²) in [4.78, 5) is 45.3. The van der Waals surface area contributed by atoms with Crippen LogP contribution < -0.4 is 24.9 Å². The van der Waals surface area contributed by atoms with Crippen molar-refractivity contribution in [3.05, 3.63) is 0 Å². The second-order valence-corrected chi connectivity index (χ2v) is 12.4. The molecule has 6 heterocycles. The van der Waals surface area contributed by atoms with Crippen molar-refractivity contribution in [3.8, 4) is 0 Å². The topological polar surface area (TPSA) is 140 Å². The van der Waals surface area contributed by atoms with Crippen LogP contribution >= 0.6 is 35.9 Å². The number of piperazine rings is 2. The van der Waals surface area contributed by atoms with Gasteiger partial charge in [-0.05, 0) is 33.6 Å². The van der Waals surface area contributed by atoms with Crippen molar-refractivity contribution in [1.29, 1.82) is 0 Å². The second-order valence-electron chi connectivity index (χ2n) is 11.3. The molecule has 0 saturated carbocycles. The minimum atomic E-state index is -0.490. The standard InChI is InChI=1S/C15H23N5O3S.C10H15N5OS.ClH/c1-15(2,3)23-14(22)19-9-7-18(8-10-19)12-13(17-24-16-12)20-6-4-5-11(20)21;16-8-2-1-5-15(8)10-9(12-17-13-10)14-6-3-11-4-7-14;/h4-10H2,1-3H3;11H,1-7H2;1H. The second kappa shape index (κ2) is 14.1. The van der Waals surface area contributed by atoms with Crippen LogP contribution in [0, 0.1) is 0 Å². The lowest BCUT2D eigenvalue weighted by Gasteiger charge is -2.36. The number of carbonyl (C=O) groups is 3. The summed E-state index contributed by atoms with van der Waals surface area (Å²) in [7, 11) is 0. The molecule has 3 amide bonds. The molecule has 2 aromatic rings. The molecule has 0 aliphatic carbocycles. The minimum absolute atomic E-state index is 0. The number of nitrogens with zero attached hydrogens (tertiary/aromatic N) is 9. The molecule has 6 rings (SSSR count). The Morgan fingerprint density at radius 1 is 0.714 bits per heavy atom. The van der Waals surface area contributed by atoms with E-state index >= 15 is 0 Å². The molecule has 1 N–H and O–H groups in total. The molecule has 0 radical (unpaired) electrons. The SMILES string of the molecule is CC(C)(C)OC(=O)N1CCN(c2nsnc2N2CCCC2=O)CC1.Cl.O=C1CCCN1c1nsnc1N1CCNCC1. The number of nitrogens with one attached hydrogen (secondary N) is 1. The van der Waals surface area contributed by atoms with Crippen molar-refractivity contribution in [3.63, 3.8) is 0 Å². The summed E-state index contributed by atoms with van der Waals surface area (Å²) in [5.74, 6) is 3.34. The van der Waals surface area contributed by atoms with E-state index in [-0.39, 0.29) is 30.3 Å². The van der Waals surface area contributed by atoms with Gasteiger partial charge in [-0.25, -0.2) is 4.79 Å². The van der Waals surface area contributed by atoms with E-state index < -0.39 is 5.60 Å². The molecular formula is C25H39ClN10O4S2. The largest absolute Gasteiger partial charge is 0.444 e. The summed E-state index contributed by atoms with van der Waals surface area (Å²) in [6.45, 7) is 13.3. The molecule has 42 heavy (non-hydrogen) atoms. The molecule has 4 fully saturated rings.